The maximum Gasteiger partial charge on any atom is 0.0820 e. The third-order valence-corrected chi connectivity index (χ3v) is 3.47. The molecule has 2 rings (SSSR count). The fourth-order valence-electron chi connectivity index (χ4n) is 2.12. The summed E-state index contributed by atoms with van der Waals surface area (Å²) >= 11 is 6.00. The van der Waals surface area contributed by atoms with Gasteiger partial charge in [-0.2, -0.15) is 0 Å². The molecular weight excluding hydrogens is 224 g/mol. The van der Waals surface area contributed by atoms with Gasteiger partial charge in [0.05, 0.1) is 16.8 Å². The highest BCUT2D eigenvalue weighted by Crippen LogP contribution is 2.26. The standard InChI is InChI=1S/C12H17ClN2O/c13-11-8-14-6-5-12(11)15-7-9-1-3-10(16)4-2-9/h5-6,8-10,16H,1-4,7H2,(H,14,15). The minimum Gasteiger partial charge on any atom is -0.393 e. The molecule has 1 aromatic heterocycles. The third-order valence-electron chi connectivity index (χ3n) is 3.17. The average molecular weight is 241 g/mol. The summed E-state index contributed by atoms with van der Waals surface area (Å²) in [5.41, 5.74) is 0.947. The van der Waals surface area contributed by atoms with E-state index in [1.54, 1.807) is 12.4 Å². The van der Waals surface area contributed by atoms with Crippen molar-refractivity contribution in [3.63, 3.8) is 0 Å². The molecule has 0 unspecified atom stereocenters. The average Bonchev–Trinajstić information content (AvgIpc) is 2.30. The van der Waals surface area contributed by atoms with E-state index in [4.69, 9.17) is 11.6 Å². The molecule has 1 aliphatic rings. The lowest BCUT2D eigenvalue weighted by Crippen LogP contribution is -2.23. The van der Waals surface area contributed by atoms with E-state index in [0.29, 0.717) is 10.9 Å². The highest BCUT2D eigenvalue weighted by atomic mass is 35.5. The molecule has 4 heteroatoms. The quantitative estimate of drug-likeness (QED) is 0.854. The molecule has 0 aromatic carbocycles. The lowest BCUT2D eigenvalue weighted by molar-refractivity contribution is 0.111. The Morgan fingerprint density at radius 1 is 1.38 bits per heavy atom. The molecule has 88 valence electrons. The third kappa shape index (κ3) is 3.09. The highest BCUT2D eigenvalue weighted by Gasteiger charge is 2.19. The second-order valence-corrected chi connectivity index (χ2v) is 4.82. The maximum atomic E-state index is 9.41. The predicted octanol–water partition coefficient (Wildman–Crippen LogP) is 2.70. The van der Waals surface area contributed by atoms with Gasteiger partial charge in [-0.1, -0.05) is 11.6 Å². The van der Waals surface area contributed by atoms with Crippen LogP contribution in [0.2, 0.25) is 5.02 Å². The number of nitrogens with zero attached hydrogens (tertiary/aromatic N) is 1. The number of hydrogen-bond donors (Lipinski definition) is 2. The van der Waals surface area contributed by atoms with Crippen molar-refractivity contribution in [2.45, 2.75) is 31.8 Å². The van der Waals surface area contributed by atoms with Gasteiger partial charge in [0.25, 0.3) is 0 Å². The van der Waals surface area contributed by atoms with Crippen molar-refractivity contribution in [3.05, 3.63) is 23.5 Å². The van der Waals surface area contributed by atoms with Crippen LogP contribution in [0.1, 0.15) is 25.7 Å². The molecule has 2 N–H and O–H groups in total. The molecule has 0 bridgehead atoms. The fraction of sp³-hybridized carbons (Fsp3) is 0.583. The van der Waals surface area contributed by atoms with Crippen molar-refractivity contribution in [2.24, 2.45) is 5.92 Å². The van der Waals surface area contributed by atoms with Gasteiger partial charge in [-0.3, -0.25) is 4.98 Å². The number of hydrogen-bond acceptors (Lipinski definition) is 3. The van der Waals surface area contributed by atoms with Gasteiger partial charge >= 0.3 is 0 Å². The molecule has 0 aliphatic heterocycles. The summed E-state index contributed by atoms with van der Waals surface area (Å²) < 4.78 is 0. The number of rotatable bonds is 3. The van der Waals surface area contributed by atoms with E-state index < -0.39 is 0 Å². The number of aromatic nitrogens is 1. The number of halogens is 1. The molecule has 0 amide bonds. The van der Waals surface area contributed by atoms with Crippen molar-refractivity contribution in [2.75, 3.05) is 11.9 Å². The van der Waals surface area contributed by atoms with Crippen LogP contribution in [0.4, 0.5) is 5.69 Å². The van der Waals surface area contributed by atoms with Crippen LogP contribution in [0.15, 0.2) is 18.5 Å². The predicted molar refractivity (Wildman–Crippen MR) is 65.7 cm³/mol. The van der Waals surface area contributed by atoms with Crippen LogP contribution >= 0.6 is 11.6 Å². The lowest BCUT2D eigenvalue weighted by Gasteiger charge is -2.25. The molecule has 1 fully saturated rings. The van der Waals surface area contributed by atoms with Crippen LogP contribution in [0, 0.1) is 5.92 Å². The van der Waals surface area contributed by atoms with Gasteiger partial charge in [0.2, 0.25) is 0 Å². The maximum absolute atomic E-state index is 9.41. The van der Waals surface area contributed by atoms with Crippen LogP contribution in [0.3, 0.4) is 0 Å². The Kier molecular flexibility index (Phi) is 4.02. The molecule has 16 heavy (non-hydrogen) atoms. The first-order valence-corrected chi connectivity index (χ1v) is 6.15. The highest BCUT2D eigenvalue weighted by molar-refractivity contribution is 6.33. The molecule has 0 atom stereocenters. The molecule has 3 nitrogen and oxygen atoms in total. The van der Waals surface area contributed by atoms with E-state index >= 15 is 0 Å². The SMILES string of the molecule is OC1CCC(CNc2ccncc2Cl)CC1. The van der Waals surface area contributed by atoms with E-state index in [-0.39, 0.29) is 6.10 Å². The number of aliphatic hydroxyl groups excluding tert-OH is 1. The molecule has 1 aliphatic carbocycles. The molecule has 0 radical (unpaired) electrons. The normalized spacial score (nSPS) is 25.4. The van der Waals surface area contributed by atoms with Gasteiger partial charge in [0, 0.05) is 18.9 Å². The van der Waals surface area contributed by atoms with E-state index in [9.17, 15) is 5.11 Å². The molecule has 0 saturated heterocycles. The first kappa shape index (κ1) is 11.7. The summed E-state index contributed by atoms with van der Waals surface area (Å²) in [7, 11) is 0. The van der Waals surface area contributed by atoms with Crippen LogP contribution in [0.5, 0.6) is 0 Å². The van der Waals surface area contributed by atoms with Crippen LogP contribution in [-0.4, -0.2) is 22.7 Å². The summed E-state index contributed by atoms with van der Waals surface area (Å²) in [6, 6.07) is 1.89. The minimum atomic E-state index is -0.0826. The zero-order valence-electron chi connectivity index (χ0n) is 9.19. The smallest absolute Gasteiger partial charge is 0.0820 e. The molecule has 0 spiro atoms. The van der Waals surface area contributed by atoms with Gasteiger partial charge in [0.1, 0.15) is 0 Å². The van der Waals surface area contributed by atoms with Crippen LogP contribution in [0.25, 0.3) is 0 Å². The molecule has 1 saturated carbocycles. The first-order chi connectivity index (χ1) is 7.75. The van der Waals surface area contributed by atoms with Crippen molar-refractivity contribution in [1.82, 2.24) is 4.98 Å². The molecule has 1 aromatic rings. The summed E-state index contributed by atoms with van der Waals surface area (Å²) in [5.74, 6) is 0.646. The number of nitrogens with one attached hydrogen (secondary N) is 1. The number of anilines is 1. The van der Waals surface area contributed by atoms with Gasteiger partial charge in [-0.15, -0.1) is 0 Å². The van der Waals surface area contributed by atoms with Gasteiger partial charge in [0.15, 0.2) is 0 Å². The lowest BCUT2D eigenvalue weighted by atomic mass is 9.87. The van der Waals surface area contributed by atoms with Crippen molar-refractivity contribution < 1.29 is 5.11 Å². The Hall–Kier alpha value is -0.800. The molecular formula is C12H17ClN2O. The van der Waals surface area contributed by atoms with E-state index in [0.717, 1.165) is 37.9 Å². The summed E-state index contributed by atoms with van der Waals surface area (Å²) in [6.45, 7) is 0.927. The second kappa shape index (κ2) is 5.51. The zero-order chi connectivity index (χ0) is 11.4. The summed E-state index contributed by atoms with van der Waals surface area (Å²) in [4.78, 5) is 3.94. The first-order valence-electron chi connectivity index (χ1n) is 5.77. The second-order valence-electron chi connectivity index (χ2n) is 4.41. The Morgan fingerprint density at radius 2 is 2.12 bits per heavy atom. The van der Waals surface area contributed by atoms with Crippen molar-refractivity contribution in [3.8, 4) is 0 Å². The van der Waals surface area contributed by atoms with E-state index in [2.05, 4.69) is 10.3 Å². The van der Waals surface area contributed by atoms with Crippen LogP contribution < -0.4 is 5.32 Å². The largest absolute Gasteiger partial charge is 0.393 e. The van der Waals surface area contributed by atoms with Gasteiger partial charge < -0.3 is 10.4 Å². The zero-order valence-corrected chi connectivity index (χ0v) is 9.95. The summed E-state index contributed by atoms with van der Waals surface area (Å²) in [5, 5.41) is 13.4. The Morgan fingerprint density at radius 3 is 2.81 bits per heavy atom. The number of aliphatic hydroxyl groups is 1. The van der Waals surface area contributed by atoms with E-state index in [1.165, 1.54) is 0 Å². The fourth-order valence-corrected chi connectivity index (χ4v) is 2.31. The van der Waals surface area contributed by atoms with E-state index in [1.807, 2.05) is 6.07 Å². The van der Waals surface area contributed by atoms with Crippen molar-refractivity contribution >= 4 is 17.3 Å². The van der Waals surface area contributed by atoms with Crippen molar-refractivity contribution in [1.29, 1.82) is 0 Å². The minimum absolute atomic E-state index is 0.0826. The molecule has 1 heterocycles. The number of pyridine rings is 1. The summed E-state index contributed by atoms with van der Waals surface area (Å²) in [6.07, 6.45) is 7.34. The Labute approximate surface area is 101 Å². The van der Waals surface area contributed by atoms with Crippen LogP contribution in [-0.2, 0) is 0 Å². The topological polar surface area (TPSA) is 45.1 Å². The monoisotopic (exact) mass is 240 g/mol. The van der Waals surface area contributed by atoms with Gasteiger partial charge in [-0.05, 0) is 37.7 Å². The van der Waals surface area contributed by atoms with Gasteiger partial charge in [-0.25, -0.2) is 0 Å². The Bertz CT molecular complexity index is 338. The Balaban J connectivity index is 1.81.